The Bertz CT molecular complexity index is 450. The van der Waals surface area contributed by atoms with E-state index in [0.29, 0.717) is 11.4 Å². The minimum atomic E-state index is 0.0720. The molecular weight excluding hydrogens is 186 g/mol. The molecule has 0 spiro atoms. The molecule has 3 nitrogen and oxygen atoms in total. The van der Waals surface area contributed by atoms with Crippen molar-refractivity contribution in [3.63, 3.8) is 0 Å². The fourth-order valence-corrected chi connectivity index (χ4v) is 2.17. The Balaban J connectivity index is 2.87. The van der Waals surface area contributed by atoms with Gasteiger partial charge in [0.05, 0.1) is 17.5 Å². The van der Waals surface area contributed by atoms with Gasteiger partial charge in [-0.3, -0.25) is 0 Å². The summed E-state index contributed by atoms with van der Waals surface area (Å²) in [4.78, 5) is 0. The number of nitrogen functional groups attached to an aromatic ring is 1. The van der Waals surface area contributed by atoms with Gasteiger partial charge >= 0.3 is 0 Å². The predicted octanol–water partition coefficient (Wildman–Crippen LogP) is 2.20. The van der Waals surface area contributed by atoms with Crippen LogP contribution in [0.5, 0.6) is 11.5 Å². The molecule has 2 rings (SSSR count). The lowest BCUT2D eigenvalue weighted by Gasteiger charge is -2.05. The highest BCUT2D eigenvalue weighted by Gasteiger charge is 2.09. The van der Waals surface area contributed by atoms with Crippen LogP contribution in [0.15, 0.2) is 17.5 Å². The molecule has 0 aliphatic heterocycles. The Labute approximate surface area is 79.4 Å². The average molecular weight is 195 g/mol. The van der Waals surface area contributed by atoms with E-state index in [1.165, 1.54) is 6.07 Å². The molecule has 0 saturated heterocycles. The molecule has 0 aliphatic rings. The lowest BCUT2D eigenvalue weighted by atomic mass is 10.2. The highest BCUT2D eigenvalue weighted by Crippen LogP contribution is 2.39. The summed E-state index contributed by atoms with van der Waals surface area (Å²) in [5, 5.41) is 12.2. The van der Waals surface area contributed by atoms with Crippen LogP contribution < -0.4 is 10.5 Å². The standard InChI is InChI=1S/C9H9NO2S/c1-12-7-4-6(11)8(10)5-2-3-13-9(5)7/h2-4,11H,10H2,1H3. The van der Waals surface area contributed by atoms with Gasteiger partial charge in [0.2, 0.25) is 0 Å². The normalized spacial score (nSPS) is 10.5. The van der Waals surface area contributed by atoms with Crippen LogP contribution in [-0.4, -0.2) is 12.2 Å². The van der Waals surface area contributed by atoms with Crippen LogP contribution in [0.2, 0.25) is 0 Å². The van der Waals surface area contributed by atoms with E-state index >= 15 is 0 Å². The van der Waals surface area contributed by atoms with E-state index in [2.05, 4.69) is 0 Å². The summed E-state index contributed by atoms with van der Waals surface area (Å²) >= 11 is 1.55. The third kappa shape index (κ3) is 1.10. The van der Waals surface area contributed by atoms with Gasteiger partial charge in [0.15, 0.2) is 0 Å². The third-order valence-corrected chi connectivity index (χ3v) is 2.87. The van der Waals surface area contributed by atoms with Gasteiger partial charge in [0, 0.05) is 11.5 Å². The first-order valence-corrected chi connectivity index (χ1v) is 4.64. The predicted molar refractivity (Wildman–Crippen MR) is 54.5 cm³/mol. The van der Waals surface area contributed by atoms with Crippen molar-refractivity contribution < 1.29 is 9.84 Å². The summed E-state index contributed by atoms with van der Waals surface area (Å²) in [7, 11) is 1.57. The van der Waals surface area contributed by atoms with Gasteiger partial charge in [-0.15, -0.1) is 11.3 Å². The van der Waals surface area contributed by atoms with Gasteiger partial charge in [-0.05, 0) is 11.4 Å². The fraction of sp³-hybridized carbons (Fsp3) is 0.111. The number of thiophene rings is 1. The lowest BCUT2D eigenvalue weighted by molar-refractivity contribution is 0.414. The monoisotopic (exact) mass is 195 g/mol. The molecule has 0 unspecified atom stereocenters. The van der Waals surface area contributed by atoms with Crippen molar-refractivity contribution in [3.8, 4) is 11.5 Å². The number of rotatable bonds is 1. The van der Waals surface area contributed by atoms with Crippen LogP contribution in [-0.2, 0) is 0 Å². The first-order valence-electron chi connectivity index (χ1n) is 3.76. The van der Waals surface area contributed by atoms with Crippen molar-refractivity contribution in [1.82, 2.24) is 0 Å². The van der Waals surface area contributed by atoms with Crippen molar-refractivity contribution in [2.24, 2.45) is 0 Å². The summed E-state index contributed by atoms with van der Waals surface area (Å²) < 4.78 is 6.09. The number of fused-ring (bicyclic) bond motifs is 1. The van der Waals surface area contributed by atoms with Crippen molar-refractivity contribution in [3.05, 3.63) is 17.5 Å². The van der Waals surface area contributed by atoms with Gasteiger partial charge in [0.1, 0.15) is 11.5 Å². The second kappa shape index (κ2) is 2.81. The van der Waals surface area contributed by atoms with Crippen LogP contribution in [0.4, 0.5) is 5.69 Å². The molecule has 0 atom stereocenters. The molecule has 1 aromatic carbocycles. The topological polar surface area (TPSA) is 55.5 Å². The SMILES string of the molecule is COc1cc(O)c(N)c2ccsc12. The maximum Gasteiger partial charge on any atom is 0.142 e. The molecule has 0 bridgehead atoms. The summed E-state index contributed by atoms with van der Waals surface area (Å²) in [6.07, 6.45) is 0. The minimum Gasteiger partial charge on any atom is -0.506 e. The maximum atomic E-state index is 9.45. The van der Waals surface area contributed by atoms with Gasteiger partial charge in [-0.1, -0.05) is 0 Å². The number of ether oxygens (including phenoxy) is 1. The molecule has 4 heteroatoms. The number of benzene rings is 1. The molecule has 0 radical (unpaired) electrons. The van der Waals surface area contributed by atoms with Gasteiger partial charge in [-0.25, -0.2) is 0 Å². The zero-order chi connectivity index (χ0) is 9.42. The Kier molecular flexibility index (Phi) is 1.77. The van der Waals surface area contributed by atoms with Crippen LogP contribution in [0, 0.1) is 0 Å². The van der Waals surface area contributed by atoms with E-state index in [-0.39, 0.29) is 5.75 Å². The highest BCUT2D eigenvalue weighted by molar-refractivity contribution is 7.17. The van der Waals surface area contributed by atoms with Crippen LogP contribution in [0.3, 0.4) is 0 Å². The zero-order valence-corrected chi connectivity index (χ0v) is 7.89. The Morgan fingerprint density at radius 3 is 3.00 bits per heavy atom. The second-order valence-electron chi connectivity index (χ2n) is 2.68. The van der Waals surface area contributed by atoms with E-state index < -0.39 is 0 Å². The Hall–Kier alpha value is -1.42. The van der Waals surface area contributed by atoms with Crippen LogP contribution in [0.25, 0.3) is 10.1 Å². The number of anilines is 1. The molecule has 2 aromatic rings. The molecule has 0 fully saturated rings. The molecule has 1 aromatic heterocycles. The van der Waals surface area contributed by atoms with E-state index in [1.807, 2.05) is 11.4 Å². The molecule has 3 N–H and O–H groups in total. The highest BCUT2D eigenvalue weighted by atomic mass is 32.1. The molecule has 0 aliphatic carbocycles. The number of nitrogens with two attached hydrogens (primary N) is 1. The van der Waals surface area contributed by atoms with E-state index in [9.17, 15) is 5.11 Å². The molecule has 13 heavy (non-hydrogen) atoms. The Morgan fingerprint density at radius 1 is 1.54 bits per heavy atom. The molecule has 1 heterocycles. The van der Waals surface area contributed by atoms with E-state index in [1.54, 1.807) is 18.4 Å². The maximum absolute atomic E-state index is 9.45. The lowest BCUT2D eigenvalue weighted by Crippen LogP contribution is -1.89. The largest absolute Gasteiger partial charge is 0.506 e. The summed E-state index contributed by atoms with van der Waals surface area (Å²) in [5.74, 6) is 0.736. The number of hydrogen-bond acceptors (Lipinski definition) is 4. The fourth-order valence-electron chi connectivity index (χ4n) is 1.27. The number of aromatic hydroxyl groups is 1. The first kappa shape index (κ1) is 8.19. The summed E-state index contributed by atoms with van der Waals surface area (Å²) in [6.45, 7) is 0. The van der Waals surface area contributed by atoms with Gasteiger partial charge in [0.25, 0.3) is 0 Å². The zero-order valence-electron chi connectivity index (χ0n) is 7.07. The van der Waals surface area contributed by atoms with Crippen molar-refractivity contribution in [1.29, 1.82) is 0 Å². The van der Waals surface area contributed by atoms with Crippen LogP contribution >= 0.6 is 11.3 Å². The number of hydrogen-bond donors (Lipinski definition) is 2. The number of phenolic OH excluding ortho intramolecular Hbond substituents is 1. The van der Waals surface area contributed by atoms with Crippen molar-refractivity contribution in [2.45, 2.75) is 0 Å². The third-order valence-electron chi connectivity index (χ3n) is 1.94. The molecular formula is C9H9NO2S. The van der Waals surface area contributed by atoms with E-state index in [4.69, 9.17) is 10.5 Å². The Morgan fingerprint density at radius 2 is 2.31 bits per heavy atom. The first-order chi connectivity index (χ1) is 6.24. The summed E-state index contributed by atoms with van der Waals surface area (Å²) in [5.41, 5.74) is 6.10. The quantitative estimate of drug-likeness (QED) is 0.541. The number of methoxy groups -OCH3 is 1. The molecule has 68 valence electrons. The van der Waals surface area contributed by atoms with Crippen molar-refractivity contribution in [2.75, 3.05) is 12.8 Å². The van der Waals surface area contributed by atoms with Crippen LogP contribution in [0.1, 0.15) is 0 Å². The van der Waals surface area contributed by atoms with Gasteiger partial charge in [-0.2, -0.15) is 0 Å². The smallest absolute Gasteiger partial charge is 0.142 e. The molecule has 0 amide bonds. The summed E-state index contributed by atoms with van der Waals surface area (Å²) in [6, 6.07) is 3.41. The van der Waals surface area contributed by atoms with Crippen molar-refractivity contribution >= 4 is 27.1 Å². The average Bonchev–Trinajstić information content (AvgIpc) is 2.60. The second-order valence-corrected chi connectivity index (χ2v) is 3.59. The molecule has 0 saturated carbocycles. The van der Waals surface area contributed by atoms with Gasteiger partial charge < -0.3 is 15.6 Å². The minimum absolute atomic E-state index is 0.0720. The number of phenols is 1. The van der Waals surface area contributed by atoms with E-state index in [0.717, 1.165) is 10.1 Å².